The van der Waals surface area contributed by atoms with Crippen LogP contribution < -0.4 is 0 Å². The van der Waals surface area contributed by atoms with Gasteiger partial charge in [-0.15, -0.1) is 10.2 Å². The first-order valence-corrected chi connectivity index (χ1v) is 6.55. The zero-order chi connectivity index (χ0) is 16.4. The number of hydrogen-bond donors (Lipinski definition) is 2. The summed E-state index contributed by atoms with van der Waals surface area (Å²) in [5.74, 6) is -1.53. The molecule has 3 aromatic rings. The summed E-state index contributed by atoms with van der Waals surface area (Å²) in [6.07, 6.45) is 0. The highest BCUT2D eigenvalue weighted by Gasteiger charge is 2.12. The topological polar surface area (TPSA) is 114 Å². The molecule has 0 amide bonds. The lowest BCUT2D eigenvalue weighted by atomic mass is 10.1. The summed E-state index contributed by atoms with van der Waals surface area (Å²) in [7, 11) is 0. The van der Waals surface area contributed by atoms with Crippen LogP contribution in [0.25, 0.3) is 22.9 Å². The summed E-state index contributed by atoms with van der Waals surface area (Å²) in [4.78, 5) is 21.6. The third-order valence-corrected chi connectivity index (χ3v) is 3.18. The van der Waals surface area contributed by atoms with Crippen molar-refractivity contribution in [2.75, 3.05) is 0 Å². The fourth-order valence-corrected chi connectivity index (χ4v) is 1.97. The lowest BCUT2D eigenvalue weighted by Gasteiger charge is -1.97. The van der Waals surface area contributed by atoms with E-state index in [9.17, 15) is 9.59 Å². The second-order valence-corrected chi connectivity index (χ2v) is 4.68. The summed E-state index contributed by atoms with van der Waals surface area (Å²) in [5.41, 5.74) is 1.52. The molecule has 114 valence electrons. The maximum Gasteiger partial charge on any atom is 0.335 e. The number of benzene rings is 2. The van der Waals surface area contributed by atoms with Gasteiger partial charge in [0.2, 0.25) is 11.8 Å². The molecule has 0 unspecified atom stereocenters. The van der Waals surface area contributed by atoms with Crippen molar-refractivity contribution in [1.82, 2.24) is 10.2 Å². The van der Waals surface area contributed by atoms with Crippen LogP contribution in [0, 0.1) is 0 Å². The van der Waals surface area contributed by atoms with Crippen LogP contribution in [0.15, 0.2) is 52.9 Å². The summed E-state index contributed by atoms with van der Waals surface area (Å²) < 4.78 is 5.54. The quantitative estimate of drug-likeness (QED) is 0.761. The Morgan fingerprint density at radius 2 is 1.04 bits per heavy atom. The Morgan fingerprint density at radius 1 is 0.696 bits per heavy atom. The number of aromatic nitrogens is 2. The van der Waals surface area contributed by atoms with Crippen LogP contribution >= 0.6 is 0 Å². The van der Waals surface area contributed by atoms with Crippen molar-refractivity contribution < 1.29 is 24.2 Å². The molecular weight excluding hydrogens is 300 g/mol. The van der Waals surface area contributed by atoms with Gasteiger partial charge < -0.3 is 14.6 Å². The van der Waals surface area contributed by atoms with E-state index in [0.717, 1.165) is 0 Å². The number of carbonyl (C=O) groups is 2. The van der Waals surface area contributed by atoms with E-state index in [0.29, 0.717) is 11.1 Å². The van der Waals surface area contributed by atoms with Gasteiger partial charge in [0.05, 0.1) is 11.1 Å². The van der Waals surface area contributed by atoms with Crippen molar-refractivity contribution in [3.05, 3.63) is 59.7 Å². The molecule has 23 heavy (non-hydrogen) atoms. The molecule has 0 saturated heterocycles. The minimum atomic E-state index is -1.01. The monoisotopic (exact) mass is 310 g/mol. The number of carboxylic acids is 2. The fraction of sp³-hybridized carbons (Fsp3) is 0. The van der Waals surface area contributed by atoms with E-state index in [2.05, 4.69) is 10.2 Å². The average Bonchev–Trinajstić information content (AvgIpc) is 3.05. The van der Waals surface area contributed by atoms with Gasteiger partial charge in [-0.1, -0.05) is 0 Å². The normalized spacial score (nSPS) is 10.4. The van der Waals surface area contributed by atoms with Gasteiger partial charge in [0.25, 0.3) is 0 Å². The number of rotatable bonds is 4. The average molecular weight is 310 g/mol. The lowest BCUT2D eigenvalue weighted by molar-refractivity contribution is 0.0686. The first kappa shape index (κ1) is 14.5. The van der Waals surface area contributed by atoms with Crippen molar-refractivity contribution >= 4 is 11.9 Å². The lowest BCUT2D eigenvalue weighted by Crippen LogP contribution is -1.94. The van der Waals surface area contributed by atoms with E-state index in [4.69, 9.17) is 14.6 Å². The zero-order valence-corrected chi connectivity index (χ0v) is 11.6. The fourth-order valence-electron chi connectivity index (χ4n) is 1.97. The van der Waals surface area contributed by atoms with Crippen molar-refractivity contribution in [2.24, 2.45) is 0 Å². The Kier molecular flexibility index (Phi) is 3.60. The minimum absolute atomic E-state index is 0.165. The van der Waals surface area contributed by atoms with Crippen molar-refractivity contribution in [2.45, 2.75) is 0 Å². The molecular formula is C16H10N2O5. The van der Waals surface area contributed by atoms with Gasteiger partial charge in [-0.3, -0.25) is 0 Å². The first-order valence-electron chi connectivity index (χ1n) is 6.55. The molecule has 0 aliphatic carbocycles. The molecule has 0 radical (unpaired) electrons. The van der Waals surface area contributed by atoms with E-state index in [1.165, 1.54) is 24.3 Å². The van der Waals surface area contributed by atoms with Crippen molar-refractivity contribution in [3.63, 3.8) is 0 Å². The van der Waals surface area contributed by atoms with Crippen LogP contribution in [0.1, 0.15) is 20.7 Å². The smallest absolute Gasteiger partial charge is 0.335 e. The van der Waals surface area contributed by atoms with Gasteiger partial charge in [-0.05, 0) is 48.5 Å². The largest absolute Gasteiger partial charge is 0.478 e. The second-order valence-electron chi connectivity index (χ2n) is 4.68. The highest BCUT2D eigenvalue weighted by atomic mass is 16.4. The molecule has 1 aromatic heterocycles. The van der Waals surface area contributed by atoms with Gasteiger partial charge in [-0.25, -0.2) is 9.59 Å². The molecule has 0 bridgehead atoms. The molecule has 3 rings (SSSR count). The Hall–Kier alpha value is -3.48. The highest BCUT2D eigenvalue weighted by Crippen LogP contribution is 2.24. The third-order valence-electron chi connectivity index (χ3n) is 3.18. The predicted molar refractivity (Wildman–Crippen MR) is 79.1 cm³/mol. The van der Waals surface area contributed by atoms with Crippen LogP contribution in [-0.2, 0) is 0 Å². The molecule has 0 atom stereocenters. The molecule has 7 heteroatoms. The van der Waals surface area contributed by atoms with Gasteiger partial charge in [0, 0.05) is 11.1 Å². The highest BCUT2D eigenvalue weighted by molar-refractivity contribution is 5.88. The molecule has 2 aromatic carbocycles. The zero-order valence-electron chi connectivity index (χ0n) is 11.6. The molecule has 0 spiro atoms. The summed E-state index contributed by atoms with van der Waals surface area (Å²) in [6.45, 7) is 0. The Labute approximate surface area is 129 Å². The SMILES string of the molecule is O=C(O)c1ccc(-c2nnc(-c3ccc(C(=O)O)cc3)o2)cc1. The molecule has 0 aliphatic rings. The molecule has 7 nitrogen and oxygen atoms in total. The van der Waals surface area contributed by atoms with Crippen LogP contribution in [0.3, 0.4) is 0 Å². The summed E-state index contributed by atoms with van der Waals surface area (Å²) in [6, 6.07) is 12.1. The van der Waals surface area contributed by atoms with E-state index in [1.54, 1.807) is 24.3 Å². The Morgan fingerprint density at radius 3 is 1.35 bits per heavy atom. The second kappa shape index (κ2) is 5.72. The Bertz CT molecular complexity index is 794. The predicted octanol–water partition coefficient (Wildman–Crippen LogP) is 2.80. The van der Waals surface area contributed by atoms with E-state index < -0.39 is 11.9 Å². The number of nitrogens with zero attached hydrogens (tertiary/aromatic N) is 2. The van der Waals surface area contributed by atoms with Crippen molar-refractivity contribution in [3.8, 4) is 22.9 Å². The van der Waals surface area contributed by atoms with Crippen LogP contribution in [0.4, 0.5) is 0 Å². The van der Waals surface area contributed by atoms with Gasteiger partial charge >= 0.3 is 11.9 Å². The number of aromatic carboxylic acids is 2. The standard InChI is InChI=1S/C16H10N2O5/c19-15(20)11-5-1-9(2-6-11)13-17-18-14(23-13)10-3-7-12(8-4-10)16(21)22/h1-8H,(H,19,20)(H,21,22). The molecule has 0 aliphatic heterocycles. The maximum absolute atomic E-state index is 10.8. The third kappa shape index (κ3) is 2.93. The maximum atomic E-state index is 10.8. The Balaban J connectivity index is 1.87. The number of hydrogen-bond acceptors (Lipinski definition) is 5. The van der Waals surface area contributed by atoms with Gasteiger partial charge in [0.1, 0.15) is 0 Å². The van der Waals surface area contributed by atoms with Gasteiger partial charge in [0.15, 0.2) is 0 Å². The molecule has 0 saturated carbocycles. The molecule has 1 heterocycles. The van der Waals surface area contributed by atoms with Crippen LogP contribution in [-0.4, -0.2) is 32.3 Å². The van der Waals surface area contributed by atoms with E-state index >= 15 is 0 Å². The summed E-state index contributed by atoms with van der Waals surface area (Å²) in [5, 5.41) is 25.6. The minimum Gasteiger partial charge on any atom is -0.478 e. The molecule has 0 fully saturated rings. The first-order chi connectivity index (χ1) is 11.0. The van der Waals surface area contributed by atoms with Crippen molar-refractivity contribution in [1.29, 1.82) is 0 Å². The summed E-state index contributed by atoms with van der Waals surface area (Å²) >= 11 is 0. The van der Waals surface area contributed by atoms with E-state index in [-0.39, 0.29) is 22.9 Å². The van der Waals surface area contributed by atoms with Gasteiger partial charge in [-0.2, -0.15) is 0 Å². The van der Waals surface area contributed by atoms with E-state index in [1.807, 2.05) is 0 Å². The van der Waals surface area contributed by atoms with Crippen LogP contribution in [0.2, 0.25) is 0 Å². The van der Waals surface area contributed by atoms with Crippen LogP contribution in [0.5, 0.6) is 0 Å². The molecule has 2 N–H and O–H groups in total. The number of carboxylic acid groups (broad SMARTS) is 2.